The molecule has 1 fully saturated rings. The summed E-state index contributed by atoms with van der Waals surface area (Å²) in [5.41, 5.74) is 0.792. The predicted molar refractivity (Wildman–Crippen MR) is 155 cm³/mol. The number of carbonyl (C=O) groups excluding carboxylic acids is 1. The molecule has 1 aromatic carbocycles. The lowest BCUT2D eigenvalue weighted by Crippen LogP contribution is -2.77. The van der Waals surface area contributed by atoms with E-state index in [4.69, 9.17) is 4.74 Å². The summed E-state index contributed by atoms with van der Waals surface area (Å²) < 4.78 is 6.18. The fourth-order valence-corrected chi connectivity index (χ4v) is 5.17. The number of phenols is 1. The first-order valence-corrected chi connectivity index (χ1v) is 15.4. The smallest absolute Gasteiger partial charge is 0.324 e. The molecule has 0 aliphatic carbocycles. The van der Waals surface area contributed by atoms with E-state index in [1.54, 1.807) is 18.2 Å². The lowest BCUT2D eigenvalue weighted by atomic mass is 10.0. The van der Waals surface area contributed by atoms with Crippen LogP contribution in [0.4, 0.5) is 10.5 Å². The van der Waals surface area contributed by atoms with Crippen molar-refractivity contribution in [1.82, 2.24) is 10.2 Å². The van der Waals surface area contributed by atoms with Crippen LogP contribution < -0.4 is 10.6 Å². The third-order valence-corrected chi connectivity index (χ3v) is 7.52. The first-order chi connectivity index (χ1) is 18.1. The Kier molecular flexibility index (Phi) is 16.2. The van der Waals surface area contributed by atoms with E-state index in [0.717, 1.165) is 44.3 Å². The maximum absolute atomic E-state index is 12.4. The fourth-order valence-electron chi connectivity index (χ4n) is 5.17. The van der Waals surface area contributed by atoms with Crippen molar-refractivity contribution in [3.8, 4) is 5.75 Å². The number of aromatic hydroxyl groups is 1. The topological polar surface area (TPSA) is 73.8 Å². The van der Waals surface area contributed by atoms with E-state index in [2.05, 4.69) is 24.5 Å². The zero-order chi connectivity index (χ0) is 26.6. The van der Waals surface area contributed by atoms with Crippen LogP contribution >= 0.6 is 0 Å². The average molecular weight is 518 g/mol. The molecule has 0 radical (unpaired) electrons. The van der Waals surface area contributed by atoms with Gasteiger partial charge in [-0.3, -0.25) is 10.2 Å². The van der Waals surface area contributed by atoms with Gasteiger partial charge in [0, 0.05) is 24.7 Å². The van der Waals surface area contributed by atoms with Crippen LogP contribution in [0.15, 0.2) is 24.3 Å². The van der Waals surface area contributed by atoms with Gasteiger partial charge >= 0.3 is 6.03 Å². The average Bonchev–Trinajstić information content (AvgIpc) is 2.89. The van der Waals surface area contributed by atoms with Gasteiger partial charge in [-0.2, -0.15) is 0 Å². The summed E-state index contributed by atoms with van der Waals surface area (Å²) in [7, 11) is 0. The standard InChI is InChI=1S/C31H55N3O3/c1-3-5-7-8-9-10-11-12-13-14-15-16-17-18-19-20-25-34-30(36)33-31(34,24-6-4-2)37-27-32-28-22-21-23-29(35)26-28/h21-23,26,32,35H,3-20,24-25,27H2,1-2H3,(H,33,36). The Balaban J connectivity index is 1.53. The Hall–Kier alpha value is -1.95. The number of amides is 2. The van der Waals surface area contributed by atoms with Gasteiger partial charge in [-0.25, -0.2) is 4.79 Å². The van der Waals surface area contributed by atoms with E-state index in [0.29, 0.717) is 0 Å². The lowest BCUT2D eigenvalue weighted by molar-refractivity contribution is -0.191. The molecule has 0 bridgehead atoms. The van der Waals surface area contributed by atoms with Crippen molar-refractivity contribution in [1.29, 1.82) is 0 Å². The van der Waals surface area contributed by atoms with Crippen molar-refractivity contribution >= 4 is 11.7 Å². The quantitative estimate of drug-likeness (QED) is 0.0945. The van der Waals surface area contributed by atoms with Crippen molar-refractivity contribution in [2.24, 2.45) is 0 Å². The Bertz CT molecular complexity index is 729. The molecule has 0 saturated carbocycles. The number of ether oxygens (including phenoxy) is 1. The number of nitrogens with one attached hydrogen (secondary N) is 2. The van der Waals surface area contributed by atoms with Crippen LogP contribution in [0.3, 0.4) is 0 Å². The molecule has 212 valence electrons. The van der Waals surface area contributed by atoms with Crippen LogP contribution in [-0.4, -0.2) is 35.2 Å². The summed E-state index contributed by atoms with van der Waals surface area (Å²) in [5, 5.41) is 15.8. The van der Waals surface area contributed by atoms with E-state index < -0.39 is 5.85 Å². The van der Waals surface area contributed by atoms with E-state index in [1.165, 1.54) is 89.9 Å². The van der Waals surface area contributed by atoms with Crippen molar-refractivity contribution in [3.63, 3.8) is 0 Å². The molecule has 6 nitrogen and oxygen atoms in total. The molecule has 2 rings (SSSR count). The molecule has 1 unspecified atom stereocenters. The van der Waals surface area contributed by atoms with Crippen molar-refractivity contribution in [2.75, 3.05) is 18.6 Å². The summed E-state index contributed by atoms with van der Waals surface area (Å²) in [6.07, 6.45) is 24.3. The largest absolute Gasteiger partial charge is 0.508 e. The summed E-state index contributed by atoms with van der Waals surface area (Å²) in [6.45, 7) is 5.44. The van der Waals surface area contributed by atoms with Gasteiger partial charge < -0.3 is 15.2 Å². The van der Waals surface area contributed by atoms with E-state index in [-0.39, 0.29) is 18.5 Å². The van der Waals surface area contributed by atoms with Gasteiger partial charge in [0.05, 0.1) is 0 Å². The zero-order valence-electron chi connectivity index (χ0n) is 23.9. The first kappa shape index (κ1) is 31.3. The van der Waals surface area contributed by atoms with Crippen molar-refractivity contribution in [3.05, 3.63) is 24.3 Å². The minimum atomic E-state index is -0.716. The highest BCUT2D eigenvalue weighted by atomic mass is 16.6. The molecular formula is C31H55N3O3. The lowest BCUT2D eigenvalue weighted by Gasteiger charge is -2.52. The van der Waals surface area contributed by atoms with Gasteiger partial charge in [-0.1, -0.05) is 123 Å². The third-order valence-electron chi connectivity index (χ3n) is 7.52. The number of anilines is 1. The zero-order valence-corrected chi connectivity index (χ0v) is 23.9. The second-order valence-electron chi connectivity index (χ2n) is 10.8. The molecule has 1 aromatic rings. The van der Waals surface area contributed by atoms with E-state index in [1.807, 2.05) is 11.0 Å². The summed E-state index contributed by atoms with van der Waals surface area (Å²) >= 11 is 0. The number of hydrogen-bond donors (Lipinski definition) is 3. The Morgan fingerprint density at radius 3 is 1.86 bits per heavy atom. The number of urea groups is 1. The molecule has 1 aliphatic rings. The molecule has 37 heavy (non-hydrogen) atoms. The number of unbranched alkanes of at least 4 members (excludes halogenated alkanes) is 16. The maximum atomic E-state index is 12.4. The first-order valence-electron chi connectivity index (χ1n) is 15.4. The van der Waals surface area contributed by atoms with Gasteiger partial charge in [0.15, 0.2) is 0 Å². The maximum Gasteiger partial charge on any atom is 0.324 e. The monoisotopic (exact) mass is 517 g/mol. The van der Waals surface area contributed by atoms with Gasteiger partial charge in [-0.05, 0) is 25.0 Å². The predicted octanol–water partition coefficient (Wildman–Crippen LogP) is 8.91. The number of nitrogens with zero attached hydrogens (tertiary/aromatic N) is 1. The third kappa shape index (κ3) is 12.4. The molecule has 1 atom stereocenters. The minimum absolute atomic E-state index is 0.0329. The highest BCUT2D eigenvalue weighted by Gasteiger charge is 2.50. The molecule has 1 aliphatic heterocycles. The van der Waals surface area contributed by atoms with Gasteiger partial charge in [0.1, 0.15) is 12.5 Å². The highest BCUT2D eigenvalue weighted by molar-refractivity contribution is 5.81. The molecule has 1 saturated heterocycles. The molecule has 3 N–H and O–H groups in total. The van der Waals surface area contributed by atoms with E-state index in [9.17, 15) is 9.90 Å². The number of hydrogen-bond acceptors (Lipinski definition) is 4. The second-order valence-corrected chi connectivity index (χ2v) is 10.8. The molecular weight excluding hydrogens is 462 g/mol. The van der Waals surface area contributed by atoms with Crippen LogP contribution in [0.1, 0.15) is 136 Å². The normalized spacial score (nSPS) is 17.0. The van der Waals surface area contributed by atoms with Crippen molar-refractivity contribution < 1.29 is 14.6 Å². The fraction of sp³-hybridized carbons (Fsp3) is 0.774. The highest BCUT2D eigenvalue weighted by Crippen LogP contribution is 2.30. The van der Waals surface area contributed by atoms with Crippen LogP contribution in [0.2, 0.25) is 0 Å². The molecule has 0 spiro atoms. The SMILES string of the molecule is CCCCCCCCCCCCCCCCCCN1C(=O)NC1(CCCC)OCNc1cccc(O)c1. The minimum Gasteiger partial charge on any atom is -0.508 e. The van der Waals surface area contributed by atoms with Crippen molar-refractivity contribution in [2.45, 2.75) is 142 Å². The Labute approximate surface area is 226 Å². The molecule has 2 amide bonds. The summed E-state index contributed by atoms with van der Waals surface area (Å²) in [6, 6.07) is 6.94. The number of phenolic OH excluding ortho intramolecular Hbond substituents is 1. The van der Waals surface area contributed by atoms with Crippen LogP contribution in [0.5, 0.6) is 5.75 Å². The number of rotatable bonds is 24. The van der Waals surface area contributed by atoms with Gasteiger partial charge in [0.25, 0.3) is 0 Å². The van der Waals surface area contributed by atoms with Crippen LogP contribution in [0.25, 0.3) is 0 Å². The number of carbonyl (C=O) groups is 1. The van der Waals surface area contributed by atoms with Crippen LogP contribution in [0, 0.1) is 0 Å². The molecule has 1 heterocycles. The van der Waals surface area contributed by atoms with Gasteiger partial charge in [-0.15, -0.1) is 0 Å². The summed E-state index contributed by atoms with van der Waals surface area (Å²) in [4.78, 5) is 14.2. The second kappa shape index (κ2) is 19.2. The molecule has 6 heteroatoms. The Morgan fingerprint density at radius 2 is 1.35 bits per heavy atom. The van der Waals surface area contributed by atoms with E-state index >= 15 is 0 Å². The molecule has 0 aromatic heterocycles. The number of benzene rings is 1. The Morgan fingerprint density at radius 1 is 0.811 bits per heavy atom. The van der Waals surface area contributed by atoms with Crippen LogP contribution in [-0.2, 0) is 4.74 Å². The van der Waals surface area contributed by atoms with Gasteiger partial charge in [0.2, 0.25) is 5.85 Å². The summed E-state index contributed by atoms with van der Waals surface area (Å²) in [5.74, 6) is -0.500.